The van der Waals surface area contributed by atoms with Crippen molar-refractivity contribution in [1.82, 2.24) is 30.0 Å². The molecule has 1 amide bonds. The highest BCUT2D eigenvalue weighted by Crippen LogP contribution is 2.20. The number of hydrogen-bond acceptors (Lipinski definition) is 6. The second-order valence-corrected chi connectivity index (χ2v) is 7.52. The smallest absolute Gasteiger partial charge is 0.225 e. The van der Waals surface area contributed by atoms with E-state index in [1.807, 2.05) is 20.0 Å². The number of rotatable bonds is 7. The number of amides is 1. The Morgan fingerprint density at radius 1 is 1.21 bits per heavy atom. The predicted molar refractivity (Wildman–Crippen MR) is 108 cm³/mol. The van der Waals surface area contributed by atoms with Crippen molar-refractivity contribution in [2.24, 2.45) is 0 Å². The van der Waals surface area contributed by atoms with Crippen LogP contribution >= 0.6 is 0 Å². The quantitative estimate of drug-likeness (QED) is 0.788. The summed E-state index contributed by atoms with van der Waals surface area (Å²) in [6, 6.07) is -0.111. The van der Waals surface area contributed by atoms with Crippen LogP contribution in [0, 0.1) is 6.92 Å². The molecule has 0 bridgehead atoms. The van der Waals surface area contributed by atoms with Crippen LogP contribution in [0.3, 0.4) is 0 Å². The lowest BCUT2D eigenvalue weighted by molar-refractivity contribution is -0.121. The molecule has 1 unspecified atom stereocenters. The third kappa shape index (κ3) is 5.74. The Morgan fingerprint density at radius 2 is 1.96 bits per heavy atom. The number of anilines is 1. The Morgan fingerprint density at radius 3 is 2.64 bits per heavy atom. The Hall–Kier alpha value is -2.51. The minimum Gasteiger partial charge on any atom is -0.349 e. The van der Waals surface area contributed by atoms with Crippen LogP contribution in [0.1, 0.15) is 69.2 Å². The zero-order valence-electron chi connectivity index (χ0n) is 17.0. The number of nitrogens with zero attached hydrogens (tertiary/aromatic N) is 6. The third-order valence-electron chi connectivity index (χ3n) is 5.25. The summed E-state index contributed by atoms with van der Waals surface area (Å²) < 4.78 is 1.73. The first-order valence-corrected chi connectivity index (χ1v) is 10.3. The highest BCUT2D eigenvalue weighted by molar-refractivity contribution is 5.76. The first-order valence-electron chi connectivity index (χ1n) is 10.3. The molecule has 0 radical (unpaired) electrons. The van der Waals surface area contributed by atoms with Gasteiger partial charge >= 0.3 is 0 Å². The van der Waals surface area contributed by atoms with Gasteiger partial charge in [0.25, 0.3) is 0 Å². The van der Waals surface area contributed by atoms with Gasteiger partial charge in [-0.25, -0.2) is 15.0 Å². The van der Waals surface area contributed by atoms with Crippen LogP contribution in [-0.4, -0.2) is 43.7 Å². The Labute approximate surface area is 166 Å². The van der Waals surface area contributed by atoms with Gasteiger partial charge in [-0.15, -0.1) is 0 Å². The van der Waals surface area contributed by atoms with Crippen molar-refractivity contribution in [1.29, 1.82) is 0 Å². The molecule has 2 aromatic rings. The molecule has 1 N–H and O–H groups in total. The van der Waals surface area contributed by atoms with Crippen LogP contribution < -0.4 is 10.2 Å². The minimum atomic E-state index is -0.111. The van der Waals surface area contributed by atoms with Gasteiger partial charge < -0.3 is 10.2 Å². The molecule has 1 aliphatic rings. The Balaban J connectivity index is 1.52. The zero-order chi connectivity index (χ0) is 19.8. The van der Waals surface area contributed by atoms with E-state index >= 15 is 0 Å². The molecule has 0 aromatic carbocycles. The molecule has 0 spiro atoms. The van der Waals surface area contributed by atoms with Crippen LogP contribution in [0.4, 0.5) is 5.95 Å². The summed E-state index contributed by atoms with van der Waals surface area (Å²) in [6.45, 7) is 6.72. The lowest BCUT2D eigenvalue weighted by Crippen LogP contribution is -2.30. The summed E-state index contributed by atoms with van der Waals surface area (Å²) in [5.41, 5.74) is 1.91. The second-order valence-electron chi connectivity index (χ2n) is 7.52. The number of carbonyl (C=O) groups excluding carboxylic acids is 1. The van der Waals surface area contributed by atoms with Crippen molar-refractivity contribution in [3.05, 3.63) is 30.1 Å². The number of aromatic nitrogens is 5. The average molecular weight is 386 g/mol. The van der Waals surface area contributed by atoms with Gasteiger partial charge in [0.05, 0.1) is 6.04 Å². The molecule has 152 valence electrons. The molecular formula is C20H31N7O. The summed E-state index contributed by atoms with van der Waals surface area (Å²) in [5.74, 6) is 0.842. The fraction of sp³-hybridized carbons (Fsp3) is 0.650. The average Bonchev–Trinajstić information content (AvgIpc) is 3.14. The summed E-state index contributed by atoms with van der Waals surface area (Å²) in [5, 5.41) is 7.10. The van der Waals surface area contributed by atoms with Gasteiger partial charge in [0.15, 0.2) is 0 Å². The van der Waals surface area contributed by atoms with Crippen LogP contribution in [0.25, 0.3) is 0 Å². The van der Waals surface area contributed by atoms with Crippen LogP contribution in [0.5, 0.6) is 0 Å². The number of carbonyl (C=O) groups is 1. The lowest BCUT2D eigenvalue weighted by atomic mass is 10.1. The highest BCUT2D eigenvalue weighted by atomic mass is 16.1. The first kappa shape index (κ1) is 20.2. The fourth-order valence-electron chi connectivity index (χ4n) is 3.63. The van der Waals surface area contributed by atoms with E-state index < -0.39 is 0 Å². The number of aryl methyl sites for hydroxylation is 2. The van der Waals surface area contributed by atoms with E-state index in [1.54, 1.807) is 11.0 Å². The van der Waals surface area contributed by atoms with E-state index in [9.17, 15) is 4.79 Å². The van der Waals surface area contributed by atoms with Gasteiger partial charge in [0.2, 0.25) is 11.9 Å². The summed E-state index contributed by atoms with van der Waals surface area (Å²) in [6.07, 6.45) is 12.5. The number of hydrogen-bond donors (Lipinski definition) is 1. The second kappa shape index (κ2) is 10.1. The van der Waals surface area contributed by atoms with Gasteiger partial charge in [-0.2, -0.15) is 5.10 Å². The molecule has 1 saturated heterocycles. The van der Waals surface area contributed by atoms with E-state index in [2.05, 4.69) is 25.3 Å². The SMILES string of the molecule is Cc1nc(N2CCCCCCC2)ncc1C(C)NC(=O)CCCn1cncn1. The van der Waals surface area contributed by atoms with E-state index in [1.165, 1.54) is 38.4 Å². The van der Waals surface area contributed by atoms with Gasteiger partial charge in [-0.05, 0) is 33.1 Å². The molecule has 3 heterocycles. The van der Waals surface area contributed by atoms with Crippen molar-refractivity contribution in [3.63, 3.8) is 0 Å². The molecule has 1 fully saturated rings. The number of nitrogens with one attached hydrogen (secondary N) is 1. The highest BCUT2D eigenvalue weighted by Gasteiger charge is 2.17. The van der Waals surface area contributed by atoms with Crippen LogP contribution in [0.2, 0.25) is 0 Å². The lowest BCUT2D eigenvalue weighted by Gasteiger charge is -2.25. The Bertz CT molecular complexity index is 739. The standard InChI is InChI=1S/C20H31N7O/c1-16(24-19(28)9-8-12-27-15-21-14-23-27)18-13-22-20(25-17(18)2)26-10-6-4-3-5-7-11-26/h13-16H,3-12H2,1-2H3,(H,24,28). The van der Waals surface area contributed by atoms with Crippen LogP contribution in [0.15, 0.2) is 18.9 Å². The monoisotopic (exact) mass is 385 g/mol. The van der Waals surface area contributed by atoms with Crippen molar-refractivity contribution < 1.29 is 4.79 Å². The maximum Gasteiger partial charge on any atom is 0.225 e. The van der Waals surface area contributed by atoms with Gasteiger partial charge in [-0.1, -0.05) is 19.3 Å². The van der Waals surface area contributed by atoms with Crippen molar-refractivity contribution in [2.45, 2.75) is 71.4 Å². The molecule has 0 saturated carbocycles. The third-order valence-corrected chi connectivity index (χ3v) is 5.25. The summed E-state index contributed by atoms with van der Waals surface area (Å²) in [4.78, 5) is 27.8. The van der Waals surface area contributed by atoms with Crippen molar-refractivity contribution in [2.75, 3.05) is 18.0 Å². The van der Waals surface area contributed by atoms with E-state index in [-0.39, 0.29) is 11.9 Å². The molecule has 1 aliphatic heterocycles. The Kier molecular flexibility index (Phi) is 7.33. The van der Waals surface area contributed by atoms with E-state index in [0.717, 1.165) is 36.7 Å². The van der Waals surface area contributed by atoms with Crippen molar-refractivity contribution in [3.8, 4) is 0 Å². The predicted octanol–water partition coefficient (Wildman–Crippen LogP) is 2.80. The summed E-state index contributed by atoms with van der Waals surface area (Å²) in [7, 11) is 0. The first-order chi connectivity index (χ1) is 13.6. The minimum absolute atomic E-state index is 0.0276. The zero-order valence-corrected chi connectivity index (χ0v) is 17.0. The topological polar surface area (TPSA) is 88.8 Å². The maximum absolute atomic E-state index is 12.2. The van der Waals surface area contributed by atoms with Gasteiger partial charge in [-0.3, -0.25) is 9.48 Å². The van der Waals surface area contributed by atoms with Gasteiger partial charge in [0.1, 0.15) is 12.7 Å². The molecule has 8 nitrogen and oxygen atoms in total. The normalized spacial score (nSPS) is 16.3. The fourth-order valence-corrected chi connectivity index (χ4v) is 3.63. The maximum atomic E-state index is 12.2. The molecule has 3 rings (SSSR count). The van der Waals surface area contributed by atoms with Gasteiger partial charge in [0, 0.05) is 43.5 Å². The molecule has 2 aromatic heterocycles. The summed E-state index contributed by atoms with van der Waals surface area (Å²) >= 11 is 0. The van der Waals surface area contributed by atoms with E-state index in [0.29, 0.717) is 13.0 Å². The van der Waals surface area contributed by atoms with Crippen molar-refractivity contribution >= 4 is 11.9 Å². The molecular weight excluding hydrogens is 354 g/mol. The molecule has 8 heteroatoms. The van der Waals surface area contributed by atoms with E-state index in [4.69, 9.17) is 4.98 Å². The van der Waals surface area contributed by atoms with Crippen LogP contribution in [-0.2, 0) is 11.3 Å². The molecule has 1 atom stereocenters. The molecule has 28 heavy (non-hydrogen) atoms. The largest absolute Gasteiger partial charge is 0.349 e. The molecule has 0 aliphatic carbocycles.